The summed E-state index contributed by atoms with van der Waals surface area (Å²) in [4.78, 5) is 15.6. The molecule has 116 valence electrons. The molecule has 0 saturated heterocycles. The standard InChI is InChI=1S/C21H15NO2/c1-15-5-8-18(9-6-15)20-17(3-2-4-19(20)21(23)24)10-7-16-11-13-22-14-12-16/h2-6,8-9,11-14H,1H3,(H,23,24). The highest BCUT2D eigenvalue weighted by molar-refractivity contribution is 5.97. The SMILES string of the molecule is Cc1ccc(-c2c(C#Cc3ccncc3)cccc2C(=O)O)cc1. The maximum Gasteiger partial charge on any atom is 0.336 e. The summed E-state index contributed by atoms with van der Waals surface area (Å²) in [5, 5.41) is 9.53. The topological polar surface area (TPSA) is 50.2 Å². The first-order valence-corrected chi connectivity index (χ1v) is 7.50. The lowest BCUT2D eigenvalue weighted by Gasteiger charge is -2.09. The van der Waals surface area contributed by atoms with Gasteiger partial charge in [0.2, 0.25) is 0 Å². The lowest BCUT2D eigenvalue weighted by Crippen LogP contribution is -2.01. The van der Waals surface area contributed by atoms with Crippen LogP contribution < -0.4 is 0 Å². The van der Waals surface area contributed by atoms with Crippen molar-refractivity contribution >= 4 is 5.97 Å². The number of rotatable bonds is 2. The second-order valence-corrected chi connectivity index (χ2v) is 5.39. The predicted octanol–water partition coefficient (Wildman–Crippen LogP) is 4.16. The van der Waals surface area contributed by atoms with E-state index < -0.39 is 5.97 Å². The summed E-state index contributed by atoms with van der Waals surface area (Å²) >= 11 is 0. The first kappa shape index (κ1) is 15.5. The molecule has 0 spiro atoms. The van der Waals surface area contributed by atoms with Gasteiger partial charge in [-0.15, -0.1) is 0 Å². The molecule has 0 aliphatic heterocycles. The molecule has 0 fully saturated rings. The molecule has 3 aromatic rings. The Morgan fingerprint density at radius 1 is 0.958 bits per heavy atom. The zero-order valence-corrected chi connectivity index (χ0v) is 13.2. The van der Waals surface area contributed by atoms with Crippen molar-refractivity contribution in [1.29, 1.82) is 0 Å². The van der Waals surface area contributed by atoms with Crippen LogP contribution in [0.5, 0.6) is 0 Å². The summed E-state index contributed by atoms with van der Waals surface area (Å²) in [5.41, 5.74) is 4.39. The van der Waals surface area contributed by atoms with Gasteiger partial charge in [-0.1, -0.05) is 47.7 Å². The number of nitrogens with zero attached hydrogens (tertiary/aromatic N) is 1. The third-order valence-corrected chi connectivity index (χ3v) is 3.66. The van der Waals surface area contributed by atoms with Crippen molar-refractivity contribution in [1.82, 2.24) is 4.98 Å². The van der Waals surface area contributed by atoms with E-state index in [1.54, 1.807) is 24.5 Å². The van der Waals surface area contributed by atoms with Crippen LogP contribution in [0.1, 0.15) is 27.0 Å². The highest BCUT2D eigenvalue weighted by Crippen LogP contribution is 2.28. The molecule has 0 radical (unpaired) electrons. The van der Waals surface area contributed by atoms with E-state index in [1.165, 1.54) is 0 Å². The number of pyridine rings is 1. The molecule has 3 heteroatoms. The molecule has 0 bridgehead atoms. The van der Waals surface area contributed by atoms with Gasteiger partial charge in [0.15, 0.2) is 0 Å². The highest BCUT2D eigenvalue weighted by atomic mass is 16.4. The van der Waals surface area contributed by atoms with Gasteiger partial charge in [0.1, 0.15) is 0 Å². The first-order chi connectivity index (χ1) is 11.6. The summed E-state index contributed by atoms with van der Waals surface area (Å²) in [6.07, 6.45) is 3.36. The lowest BCUT2D eigenvalue weighted by molar-refractivity contribution is 0.0697. The summed E-state index contributed by atoms with van der Waals surface area (Å²) in [7, 11) is 0. The van der Waals surface area contributed by atoms with Gasteiger partial charge < -0.3 is 5.11 Å². The van der Waals surface area contributed by atoms with Crippen LogP contribution in [0.4, 0.5) is 0 Å². The molecule has 1 aromatic heterocycles. The van der Waals surface area contributed by atoms with Crippen LogP contribution in [0.15, 0.2) is 67.0 Å². The van der Waals surface area contributed by atoms with Crippen LogP contribution in [0.25, 0.3) is 11.1 Å². The van der Waals surface area contributed by atoms with Gasteiger partial charge in [-0.05, 0) is 36.8 Å². The van der Waals surface area contributed by atoms with Crippen molar-refractivity contribution in [2.75, 3.05) is 0 Å². The molecule has 24 heavy (non-hydrogen) atoms. The molecule has 0 saturated carbocycles. The number of carboxylic acid groups (broad SMARTS) is 1. The van der Waals surface area contributed by atoms with Crippen LogP contribution in [-0.2, 0) is 0 Å². The Hall–Kier alpha value is -3.38. The van der Waals surface area contributed by atoms with E-state index in [0.29, 0.717) is 11.1 Å². The van der Waals surface area contributed by atoms with Crippen LogP contribution >= 0.6 is 0 Å². The largest absolute Gasteiger partial charge is 0.478 e. The van der Waals surface area contributed by atoms with E-state index in [4.69, 9.17) is 0 Å². The van der Waals surface area contributed by atoms with Gasteiger partial charge in [0.05, 0.1) is 5.56 Å². The Morgan fingerprint density at radius 2 is 1.67 bits per heavy atom. The molecule has 0 unspecified atom stereocenters. The average molecular weight is 313 g/mol. The first-order valence-electron chi connectivity index (χ1n) is 7.50. The fraction of sp³-hybridized carbons (Fsp3) is 0.0476. The normalized spacial score (nSPS) is 9.88. The van der Waals surface area contributed by atoms with Crippen molar-refractivity contribution in [3.05, 3.63) is 89.2 Å². The fourth-order valence-electron chi connectivity index (χ4n) is 2.44. The van der Waals surface area contributed by atoms with Crippen molar-refractivity contribution in [2.45, 2.75) is 6.92 Å². The molecule has 0 aliphatic carbocycles. The maximum atomic E-state index is 11.6. The van der Waals surface area contributed by atoms with Crippen molar-refractivity contribution < 1.29 is 9.90 Å². The van der Waals surface area contributed by atoms with E-state index in [9.17, 15) is 9.90 Å². The highest BCUT2D eigenvalue weighted by Gasteiger charge is 2.14. The van der Waals surface area contributed by atoms with Gasteiger partial charge in [0.25, 0.3) is 0 Å². The number of hydrogen-bond acceptors (Lipinski definition) is 2. The molecular weight excluding hydrogens is 298 g/mol. The average Bonchev–Trinajstić information content (AvgIpc) is 2.61. The number of aryl methyl sites for hydroxylation is 1. The minimum Gasteiger partial charge on any atom is -0.478 e. The Labute approximate surface area is 140 Å². The smallest absolute Gasteiger partial charge is 0.336 e. The van der Waals surface area contributed by atoms with Gasteiger partial charge in [-0.25, -0.2) is 4.79 Å². The second-order valence-electron chi connectivity index (χ2n) is 5.39. The Balaban J connectivity index is 2.16. The van der Waals surface area contributed by atoms with Crippen LogP contribution in [0, 0.1) is 18.8 Å². The number of aromatic nitrogens is 1. The van der Waals surface area contributed by atoms with Gasteiger partial charge in [-0.2, -0.15) is 0 Å². The Kier molecular flexibility index (Phi) is 4.40. The number of carboxylic acids is 1. The third kappa shape index (κ3) is 3.34. The second kappa shape index (κ2) is 6.80. The number of carbonyl (C=O) groups is 1. The zero-order valence-electron chi connectivity index (χ0n) is 13.2. The number of hydrogen-bond donors (Lipinski definition) is 1. The Bertz CT molecular complexity index is 933. The Morgan fingerprint density at radius 3 is 2.33 bits per heavy atom. The van der Waals surface area contributed by atoms with Gasteiger partial charge >= 0.3 is 5.97 Å². The molecule has 1 heterocycles. The monoisotopic (exact) mass is 313 g/mol. The zero-order chi connectivity index (χ0) is 16.9. The molecule has 2 aromatic carbocycles. The van der Waals surface area contributed by atoms with Gasteiger partial charge in [0, 0.05) is 29.1 Å². The molecule has 0 atom stereocenters. The van der Waals surface area contributed by atoms with Crippen LogP contribution in [0.2, 0.25) is 0 Å². The van der Waals surface area contributed by atoms with E-state index in [1.807, 2.05) is 49.4 Å². The van der Waals surface area contributed by atoms with Crippen molar-refractivity contribution in [3.8, 4) is 23.0 Å². The summed E-state index contributed by atoms with van der Waals surface area (Å²) in [6, 6.07) is 16.6. The molecule has 3 rings (SSSR count). The van der Waals surface area contributed by atoms with Crippen molar-refractivity contribution in [3.63, 3.8) is 0 Å². The minimum absolute atomic E-state index is 0.250. The predicted molar refractivity (Wildman–Crippen MR) is 93.8 cm³/mol. The van der Waals surface area contributed by atoms with Gasteiger partial charge in [-0.3, -0.25) is 4.98 Å². The van der Waals surface area contributed by atoms with Crippen LogP contribution in [-0.4, -0.2) is 16.1 Å². The minimum atomic E-state index is -0.960. The molecule has 3 nitrogen and oxygen atoms in total. The summed E-state index contributed by atoms with van der Waals surface area (Å²) in [6.45, 7) is 2.00. The summed E-state index contributed by atoms with van der Waals surface area (Å²) in [5.74, 6) is 5.20. The summed E-state index contributed by atoms with van der Waals surface area (Å²) < 4.78 is 0. The maximum absolute atomic E-state index is 11.6. The van der Waals surface area contributed by atoms with Crippen molar-refractivity contribution in [2.24, 2.45) is 0 Å². The molecular formula is C21H15NO2. The molecule has 1 N–H and O–H groups in total. The fourth-order valence-corrected chi connectivity index (χ4v) is 2.44. The lowest BCUT2D eigenvalue weighted by atomic mass is 9.94. The van der Waals surface area contributed by atoms with E-state index in [-0.39, 0.29) is 5.56 Å². The molecule has 0 aliphatic rings. The number of benzene rings is 2. The third-order valence-electron chi connectivity index (χ3n) is 3.66. The van der Waals surface area contributed by atoms with E-state index in [0.717, 1.165) is 16.7 Å². The molecule has 0 amide bonds. The van der Waals surface area contributed by atoms with Crippen LogP contribution in [0.3, 0.4) is 0 Å². The number of aromatic carboxylic acids is 1. The van der Waals surface area contributed by atoms with E-state index >= 15 is 0 Å². The van der Waals surface area contributed by atoms with E-state index in [2.05, 4.69) is 16.8 Å². The quantitative estimate of drug-likeness (QED) is 0.723.